The number of fused-ring (bicyclic) bond motifs is 1. The third-order valence-electron chi connectivity index (χ3n) is 7.20. The van der Waals surface area contributed by atoms with Crippen molar-refractivity contribution in [3.8, 4) is 17.0 Å². The number of hydrogen-bond donors (Lipinski definition) is 1. The molecule has 9 heteroatoms. The minimum atomic E-state index is -1.47. The van der Waals surface area contributed by atoms with E-state index < -0.39 is 5.60 Å². The predicted octanol–water partition coefficient (Wildman–Crippen LogP) is 6.29. The van der Waals surface area contributed by atoms with E-state index in [0.29, 0.717) is 57.0 Å². The summed E-state index contributed by atoms with van der Waals surface area (Å²) in [6, 6.07) is 9.23. The molecule has 1 unspecified atom stereocenters. The van der Waals surface area contributed by atoms with Gasteiger partial charge in [0.25, 0.3) is 0 Å². The summed E-state index contributed by atoms with van der Waals surface area (Å²) in [5.41, 5.74) is 1.56. The summed E-state index contributed by atoms with van der Waals surface area (Å²) in [5, 5.41) is 12.6. The van der Waals surface area contributed by atoms with Crippen LogP contribution in [0.25, 0.3) is 22.4 Å². The molecule has 36 heavy (non-hydrogen) atoms. The zero-order valence-electron chi connectivity index (χ0n) is 20.6. The maximum Gasteiger partial charge on any atom is 0.225 e. The number of halogens is 2. The molecule has 188 valence electrons. The summed E-state index contributed by atoms with van der Waals surface area (Å²) >= 11 is 12.6. The fraction of sp³-hybridized carbons (Fsp3) is 0.407. The number of para-hydroxylation sites is 1. The maximum atomic E-state index is 12.0. The van der Waals surface area contributed by atoms with Crippen molar-refractivity contribution in [3.63, 3.8) is 0 Å². The van der Waals surface area contributed by atoms with Crippen molar-refractivity contribution < 1.29 is 9.84 Å². The van der Waals surface area contributed by atoms with Gasteiger partial charge >= 0.3 is 0 Å². The zero-order chi connectivity index (χ0) is 25.4. The SMILES string of the molecule is COc1ccccc1C(C)(O)c1nc2nc(Cl)nc(-c3cncc(Cl)c3)c2n1CC1CCC(C)CC1. The second-order valence-corrected chi connectivity index (χ2v) is 10.6. The Kier molecular flexibility index (Phi) is 6.90. The van der Waals surface area contributed by atoms with Crippen LogP contribution in [0, 0.1) is 11.8 Å². The number of imidazole rings is 1. The molecule has 3 aromatic heterocycles. The van der Waals surface area contributed by atoms with E-state index in [1.54, 1.807) is 32.5 Å². The van der Waals surface area contributed by atoms with Gasteiger partial charge in [0, 0.05) is 30.1 Å². The van der Waals surface area contributed by atoms with Crippen LogP contribution < -0.4 is 4.74 Å². The highest BCUT2D eigenvalue weighted by atomic mass is 35.5. The second-order valence-electron chi connectivity index (χ2n) is 9.85. The molecule has 0 spiro atoms. The summed E-state index contributed by atoms with van der Waals surface area (Å²) in [5.74, 6) is 2.21. The van der Waals surface area contributed by atoms with Crippen LogP contribution in [0.2, 0.25) is 10.3 Å². The zero-order valence-corrected chi connectivity index (χ0v) is 22.1. The summed E-state index contributed by atoms with van der Waals surface area (Å²) in [7, 11) is 1.59. The Labute approximate surface area is 220 Å². The molecule has 1 saturated carbocycles. The molecule has 0 radical (unpaired) electrons. The number of aliphatic hydroxyl groups is 1. The van der Waals surface area contributed by atoms with Gasteiger partial charge in [-0.3, -0.25) is 4.98 Å². The molecular weight excluding hydrogens is 497 g/mol. The molecule has 1 N–H and O–H groups in total. The standard InChI is InChI=1S/C27H29Cl2N5O2/c1-16-8-10-17(11-9-16)15-34-23-22(18-12-19(28)14-30-13-18)31-26(29)33-24(23)32-25(34)27(2,35)20-6-4-5-7-21(20)36-3/h4-7,12-14,16-17,35H,8-11,15H2,1-3H3. The normalized spacial score (nSPS) is 19.8. The van der Waals surface area contributed by atoms with Crippen molar-refractivity contribution in [2.45, 2.75) is 51.7 Å². The molecule has 7 nitrogen and oxygen atoms in total. The maximum absolute atomic E-state index is 12.0. The summed E-state index contributed by atoms with van der Waals surface area (Å²) < 4.78 is 7.65. The van der Waals surface area contributed by atoms with E-state index in [0.717, 1.165) is 18.8 Å². The Bertz CT molecular complexity index is 1400. The highest BCUT2D eigenvalue weighted by molar-refractivity contribution is 6.30. The lowest BCUT2D eigenvalue weighted by Gasteiger charge is -2.30. The molecule has 3 heterocycles. The van der Waals surface area contributed by atoms with Gasteiger partial charge < -0.3 is 14.4 Å². The smallest absolute Gasteiger partial charge is 0.225 e. The van der Waals surface area contributed by atoms with Gasteiger partial charge in [-0.25, -0.2) is 9.97 Å². The molecule has 5 rings (SSSR count). The topological polar surface area (TPSA) is 85.9 Å². The van der Waals surface area contributed by atoms with E-state index in [9.17, 15) is 5.11 Å². The van der Waals surface area contributed by atoms with Crippen LogP contribution in [0.1, 0.15) is 50.9 Å². The summed E-state index contributed by atoms with van der Waals surface area (Å²) in [6.07, 6.45) is 7.86. The highest BCUT2D eigenvalue weighted by Crippen LogP contribution is 2.40. The van der Waals surface area contributed by atoms with E-state index in [1.807, 2.05) is 24.3 Å². The molecule has 1 fully saturated rings. The van der Waals surface area contributed by atoms with Gasteiger partial charge in [-0.05, 0) is 55.3 Å². The molecule has 1 aliphatic rings. The lowest BCUT2D eigenvalue weighted by molar-refractivity contribution is 0.0836. The number of nitrogens with zero attached hydrogens (tertiary/aromatic N) is 5. The lowest BCUT2D eigenvalue weighted by Crippen LogP contribution is -2.30. The Hall–Kier alpha value is -2.74. The first-order chi connectivity index (χ1) is 17.3. The van der Waals surface area contributed by atoms with E-state index >= 15 is 0 Å². The first kappa shape index (κ1) is 24.9. The molecule has 0 amide bonds. The third kappa shape index (κ3) is 4.67. The molecule has 0 bridgehead atoms. The first-order valence-corrected chi connectivity index (χ1v) is 12.9. The van der Waals surface area contributed by atoms with Crippen LogP contribution in [-0.2, 0) is 12.1 Å². The number of rotatable bonds is 6. The monoisotopic (exact) mass is 525 g/mol. The molecule has 1 atom stereocenters. The Morgan fingerprint density at radius 2 is 1.83 bits per heavy atom. The average molecular weight is 526 g/mol. The summed E-state index contributed by atoms with van der Waals surface area (Å²) in [6.45, 7) is 4.72. The van der Waals surface area contributed by atoms with Crippen LogP contribution >= 0.6 is 23.2 Å². The van der Waals surface area contributed by atoms with E-state index in [-0.39, 0.29) is 5.28 Å². The Morgan fingerprint density at radius 1 is 1.08 bits per heavy atom. The minimum absolute atomic E-state index is 0.0668. The van der Waals surface area contributed by atoms with Gasteiger partial charge in [0.2, 0.25) is 5.28 Å². The van der Waals surface area contributed by atoms with Crippen LogP contribution in [0.15, 0.2) is 42.7 Å². The van der Waals surface area contributed by atoms with E-state index in [2.05, 4.69) is 26.4 Å². The Balaban J connectivity index is 1.75. The molecule has 0 aliphatic heterocycles. The number of benzene rings is 1. The molecule has 4 aromatic rings. The number of hydrogen-bond acceptors (Lipinski definition) is 6. The Morgan fingerprint density at radius 3 is 2.56 bits per heavy atom. The number of pyridine rings is 1. The first-order valence-electron chi connectivity index (χ1n) is 12.2. The van der Waals surface area contributed by atoms with E-state index in [4.69, 9.17) is 32.9 Å². The fourth-order valence-corrected chi connectivity index (χ4v) is 5.58. The van der Waals surface area contributed by atoms with Crippen molar-refractivity contribution in [3.05, 3.63) is 64.4 Å². The number of aromatic nitrogens is 5. The predicted molar refractivity (Wildman–Crippen MR) is 141 cm³/mol. The molecule has 1 aliphatic carbocycles. The van der Waals surface area contributed by atoms with Gasteiger partial charge in [0.05, 0.1) is 12.1 Å². The van der Waals surface area contributed by atoms with Gasteiger partial charge in [0.1, 0.15) is 28.4 Å². The van der Waals surface area contributed by atoms with Crippen molar-refractivity contribution in [2.75, 3.05) is 7.11 Å². The van der Waals surface area contributed by atoms with Gasteiger partial charge in [-0.15, -0.1) is 0 Å². The van der Waals surface area contributed by atoms with Crippen LogP contribution in [0.3, 0.4) is 0 Å². The fourth-order valence-electron chi connectivity index (χ4n) is 5.24. The number of ether oxygens (including phenoxy) is 1. The van der Waals surface area contributed by atoms with Crippen LogP contribution in [0.5, 0.6) is 5.75 Å². The molecule has 0 saturated heterocycles. The third-order valence-corrected chi connectivity index (χ3v) is 7.57. The largest absolute Gasteiger partial charge is 0.496 e. The second kappa shape index (κ2) is 9.96. The van der Waals surface area contributed by atoms with E-state index in [1.165, 1.54) is 12.8 Å². The number of methoxy groups -OCH3 is 1. The van der Waals surface area contributed by atoms with Gasteiger partial charge in [0.15, 0.2) is 5.65 Å². The van der Waals surface area contributed by atoms with Gasteiger partial charge in [-0.1, -0.05) is 49.6 Å². The summed E-state index contributed by atoms with van der Waals surface area (Å²) in [4.78, 5) is 18.1. The van der Waals surface area contributed by atoms with Crippen LogP contribution in [-0.4, -0.2) is 36.7 Å². The van der Waals surface area contributed by atoms with Crippen molar-refractivity contribution >= 4 is 34.4 Å². The molecule has 1 aromatic carbocycles. The highest BCUT2D eigenvalue weighted by Gasteiger charge is 2.37. The van der Waals surface area contributed by atoms with Crippen molar-refractivity contribution in [2.24, 2.45) is 11.8 Å². The van der Waals surface area contributed by atoms with Crippen molar-refractivity contribution in [1.82, 2.24) is 24.5 Å². The van der Waals surface area contributed by atoms with Crippen LogP contribution in [0.4, 0.5) is 0 Å². The quantitative estimate of drug-likeness (QED) is 0.298. The van der Waals surface area contributed by atoms with Gasteiger partial charge in [-0.2, -0.15) is 4.98 Å². The average Bonchev–Trinajstić information content (AvgIpc) is 3.23. The van der Waals surface area contributed by atoms with Crippen molar-refractivity contribution in [1.29, 1.82) is 0 Å². The molecular formula is C27H29Cl2N5O2. The minimum Gasteiger partial charge on any atom is -0.496 e. The lowest BCUT2D eigenvalue weighted by atomic mass is 9.83.